The Hall–Kier alpha value is -4.71. The standard InChI is InChI=1S/C29H25F2N7O2S/c1-38(2)20-12-18(13-32-14-20)26-25(31)24-23(15-33-26)36-37-28(24)29-34-22-6-4-5-21(27(22)35-29)17-9-16(10-19(30)11-17)7-8-41(3,39)40/h4-6,9-15H,7-8H2,1-3H3,(H,34,35)(H,36,37). The Morgan fingerprint density at radius 2 is 1.78 bits per heavy atom. The van der Waals surface area contributed by atoms with Gasteiger partial charge in [0, 0.05) is 37.7 Å². The van der Waals surface area contributed by atoms with E-state index in [2.05, 4.69) is 25.1 Å². The van der Waals surface area contributed by atoms with Crippen LogP contribution in [0.1, 0.15) is 5.56 Å². The molecule has 0 amide bonds. The zero-order valence-electron chi connectivity index (χ0n) is 22.4. The van der Waals surface area contributed by atoms with Gasteiger partial charge in [0.05, 0.1) is 45.8 Å². The predicted molar refractivity (Wildman–Crippen MR) is 155 cm³/mol. The first kappa shape index (κ1) is 26.5. The molecule has 0 radical (unpaired) electrons. The number of fused-ring (bicyclic) bond motifs is 2. The Kier molecular flexibility index (Phi) is 6.49. The summed E-state index contributed by atoms with van der Waals surface area (Å²) in [5, 5.41) is 7.40. The van der Waals surface area contributed by atoms with Crippen LogP contribution in [0.4, 0.5) is 14.5 Å². The molecule has 0 atom stereocenters. The third-order valence-electron chi connectivity index (χ3n) is 6.83. The molecule has 0 aliphatic heterocycles. The molecular formula is C29H25F2N7O2S. The highest BCUT2D eigenvalue weighted by Gasteiger charge is 2.21. The van der Waals surface area contributed by atoms with Crippen molar-refractivity contribution in [2.45, 2.75) is 6.42 Å². The lowest BCUT2D eigenvalue weighted by atomic mass is 10.0. The van der Waals surface area contributed by atoms with Gasteiger partial charge in [0.2, 0.25) is 0 Å². The van der Waals surface area contributed by atoms with Gasteiger partial charge in [0.1, 0.15) is 27.0 Å². The molecule has 0 fully saturated rings. The van der Waals surface area contributed by atoms with Crippen LogP contribution in [0.3, 0.4) is 0 Å². The number of para-hydroxylation sites is 1. The summed E-state index contributed by atoms with van der Waals surface area (Å²) < 4.78 is 53.9. The molecule has 6 aromatic rings. The maximum atomic E-state index is 16.0. The van der Waals surface area contributed by atoms with Crippen molar-refractivity contribution >= 4 is 37.5 Å². The van der Waals surface area contributed by atoms with E-state index in [4.69, 9.17) is 4.98 Å². The minimum absolute atomic E-state index is 0.0865. The van der Waals surface area contributed by atoms with Crippen molar-refractivity contribution in [1.29, 1.82) is 0 Å². The molecule has 0 aliphatic rings. The molecule has 4 aromatic heterocycles. The number of rotatable bonds is 7. The van der Waals surface area contributed by atoms with E-state index >= 15 is 4.39 Å². The van der Waals surface area contributed by atoms with Crippen LogP contribution < -0.4 is 4.90 Å². The number of nitrogens with one attached hydrogen (secondary N) is 2. The van der Waals surface area contributed by atoms with Crippen LogP contribution >= 0.6 is 0 Å². The number of anilines is 1. The predicted octanol–water partition coefficient (Wildman–Crippen LogP) is 5.16. The molecule has 12 heteroatoms. The van der Waals surface area contributed by atoms with Crippen LogP contribution in [0.2, 0.25) is 0 Å². The zero-order chi connectivity index (χ0) is 28.9. The SMILES string of the molecule is CN(C)c1cncc(-c2ncc3[nH]nc(-c4nc5c(-c6cc(F)cc(CCS(C)(=O)=O)c6)cccc5[nH]4)c3c2F)c1. The van der Waals surface area contributed by atoms with Crippen molar-refractivity contribution in [3.63, 3.8) is 0 Å². The van der Waals surface area contributed by atoms with Crippen molar-refractivity contribution in [3.8, 4) is 33.9 Å². The number of imidazole rings is 1. The minimum Gasteiger partial charge on any atom is -0.376 e. The van der Waals surface area contributed by atoms with Gasteiger partial charge in [0.25, 0.3) is 0 Å². The zero-order valence-corrected chi connectivity index (χ0v) is 23.2. The number of nitrogens with zero attached hydrogens (tertiary/aromatic N) is 5. The van der Waals surface area contributed by atoms with Crippen molar-refractivity contribution in [2.24, 2.45) is 0 Å². The van der Waals surface area contributed by atoms with Gasteiger partial charge in [-0.25, -0.2) is 22.2 Å². The van der Waals surface area contributed by atoms with Crippen LogP contribution in [0.15, 0.2) is 61.1 Å². The molecule has 0 spiro atoms. The number of aryl methyl sites for hydroxylation is 1. The smallest absolute Gasteiger partial charge is 0.161 e. The average Bonchev–Trinajstić information content (AvgIpc) is 3.56. The molecule has 0 unspecified atom stereocenters. The van der Waals surface area contributed by atoms with Gasteiger partial charge in [-0.1, -0.05) is 18.2 Å². The summed E-state index contributed by atoms with van der Waals surface area (Å²) in [6.07, 6.45) is 6.10. The van der Waals surface area contributed by atoms with Crippen molar-refractivity contribution in [3.05, 3.63) is 78.3 Å². The lowest BCUT2D eigenvalue weighted by Gasteiger charge is -2.13. The fourth-order valence-electron chi connectivity index (χ4n) is 4.78. The van der Waals surface area contributed by atoms with Gasteiger partial charge in [-0.15, -0.1) is 0 Å². The summed E-state index contributed by atoms with van der Waals surface area (Å²) in [6.45, 7) is 0. The minimum atomic E-state index is -3.21. The van der Waals surface area contributed by atoms with Gasteiger partial charge in [-0.05, 0) is 41.8 Å². The fraction of sp³-hybridized carbons (Fsp3) is 0.172. The van der Waals surface area contributed by atoms with Gasteiger partial charge in [0.15, 0.2) is 11.6 Å². The number of benzene rings is 2. The Morgan fingerprint density at radius 1 is 0.951 bits per heavy atom. The van der Waals surface area contributed by atoms with Gasteiger partial charge in [-0.3, -0.25) is 15.1 Å². The molecule has 208 valence electrons. The molecular weight excluding hydrogens is 548 g/mol. The molecule has 6 rings (SSSR count). The van der Waals surface area contributed by atoms with E-state index in [0.717, 1.165) is 11.9 Å². The van der Waals surface area contributed by atoms with Crippen LogP contribution in [-0.4, -0.2) is 64.7 Å². The molecule has 0 saturated carbocycles. The largest absolute Gasteiger partial charge is 0.376 e. The van der Waals surface area contributed by atoms with Crippen molar-refractivity contribution in [2.75, 3.05) is 31.0 Å². The monoisotopic (exact) mass is 573 g/mol. The molecule has 41 heavy (non-hydrogen) atoms. The fourth-order valence-corrected chi connectivity index (χ4v) is 5.39. The molecule has 4 heterocycles. The van der Waals surface area contributed by atoms with Gasteiger partial charge < -0.3 is 9.88 Å². The number of halogens is 2. The topological polar surface area (TPSA) is 121 Å². The Labute approximate surface area is 234 Å². The number of H-pyrrole nitrogens is 2. The Morgan fingerprint density at radius 3 is 2.56 bits per heavy atom. The number of hydrogen-bond acceptors (Lipinski definition) is 7. The summed E-state index contributed by atoms with van der Waals surface area (Å²) in [5.74, 6) is -0.808. The first-order chi connectivity index (χ1) is 19.6. The summed E-state index contributed by atoms with van der Waals surface area (Å²) in [4.78, 5) is 18.4. The second-order valence-corrected chi connectivity index (χ2v) is 12.4. The van der Waals surface area contributed by atoms with E-state index in [1.165, 1.54) is 18.3 Å². The first-order valence-electron chi connectivity index (χ1n) is 12.7. The first-order valence-corrected chi connectivity index (χ1v) is 14.8. The van der Waals surface area contributed by atoms with E-state index in [9.17, 15) is 12.8 Å². The van der Waals surface area contributed by atoms with E-state index < -0.39 is 21.5 Å². The van der Waals surface area contributed by atoms with Crippen LogP contribution in [0.5, 0.6) is 0 Å². The second-order valence-electron chi connectivity index (χ2n) is 10.1. The average molecular weight is 574 g/mol. The maximum absolute atomic E-state index is 16.0. The quantitative estimate of drug-likeness (QED) is 0.271. The highest BCUT2D eigenvalue weighted by atomic mass is 32.2. The number of hydrogen-bond donors (Lipinski definition) is 2. The van der Waals surface area contributed by atoms with E-state index in [1.54, 1.807) is 36.7 Å². The number of sulfone groups is 1. The van der Waals surface area contributed by atoms with Crippen molar-refractivity contribution < 1.29 is 17.2 Å². The van der Waals surface area contributed by atoms with E-state index in [1.807, 2.05) is 25.1 Å². The van der Waals surface area contributed by atoms with Crippen LogP contribution in [0.25, 0.3) is 55.8 Å². The maximum Gasteiger partial charge on any atom is 0.161 e. The molecule has 0 saturated heterocycles. The van der Waals surface area contributed by atoms with Gasteiger partial charge in [-0.2, -0.15) is 5.10 Å². The van der Waals surface area contributed by atoms with Crippen molar-refractivity contribution in [1.82, 2.24) is 30.1 Å². The Bertz CT molecular complexity index is 2050. The van der Waals surface area contributed by atoms with E-state index in [-0.39, 0.29) is 28.9 Å². The highest BCUT2D eigenvalue weighted by molar-refractivity contribution is 7.90. The third-order valence-corrected chi connectivity index (χ3v) is 7.77. The number of aromatic nitrogens is 6. The summed E-state index contributed by atoms with van der Waals surface area (Å²) in [6, 6.07) is 11.7. The number of aromatic amines is 2. The second kappa shape index (κ2) is 10.0. The molecule has 2 aromatic carbocycles. The molecule has 9 nitrogen and oxygen atoms in total. The third kappa shape index (κ3) is 5.13. The lowest BCUT2D eigenvalue weighted by molar-refractivity contribution is 0.600. The highest BCUT2D eigenvalue weighted by Crippen LogP contribution is 2.35. The molecule has 2 N–H and O–H groups in total. The van der Waals surface area contributed by atoms with E-state index in [0.29, 0.717) is 44.6 Å². The normalized spacial score (nSPS) is 11.9. The lowest BCUT2D eigenvalue weighted by Crippen LogP contribution is -2.09. The summed E-state index contributed by atoms with van der Waals surface area (Å²) in [7, 11) is 0.538. The van der Waals surface area contributed by atoms with Crippen LogP contribution in [0, 0.1) is 11.6 Å². The molecule has 0 aliphatic carbocycles. The van der Waals surface area contributed by atoms with Gasteiger partial charge >= 0.3 is 0 Å². The van der Waals surface area contributed by atoms with Crippen LogP contribution in [-0.2, 0) is 16.3 Å². The Balaban J connectivity index is 1.45. The number of pyridine rings is 2. The summed E-state index contributed by atoms with van der Waals surface area (Å²) in [5.41, 5.74) is 5.07. The molecule has 0 bridgehead atoms. The summed E-state index contributed by atoms with van der Waals surface area (Å²) >= 11 is 0.